The van der Waals surface area contributed by atoms with Crippen molar-refractivity contribution >= 4 is 28.5 Å². The summed E-state index contributed by atoms with van der Waals surface area (Å²) in [4.78, 5) is 62.3. The number of carbonyl (C=O) groups excluding carboxylic acids is 3. The summed E-state index contributed by atoms with van der Waals surface area (Å²) in [5, 5.41) is 0.424. The lowest BCUT2D eigenvalue weighted by Crippen LogP contribution is -2.52. The van der Waals surface area contributed by atoms with Crippen LogP contribution in [0, 0.1) is 0 Å². The maximum Gasteiger partial charge on any atom is 0.295 e. The van der Waals surface area contributed by atoms with Crippen LogP contribution in [0.15, 0.2) is 49.2 Å². The summed E-state index contributed by atoms with van der Waals surface area (Å²) in [6.07, 6.45) is 7.47. The van der Waals surface area contributed by atoms with Crippen molar-refractivity contribution in [2.45, 2.75) is 0 Å². The second kappa shape index (κ2) is 10.0. The van der Waals surface area contributed by atoms with Crippen LogP contribution in [0.1, 0.15) is 20.8 Å². The van der Waals surface area contributed by atoms with Gasteiger partial charge in [0, 0.05) is 38.6 Å². The zero-order chi connectivity index (χ0) is 25.9. The van der Waals surface area contributed by atoms with Gasteiger partial charge in [0.25, 0.3) is 17.6 Å². The molecule has 1 aliphatic heterocycles. The fourth-order valence-corrected chi connectivity index (χ4v) is 4.21. The first-order valence-corrected chi connectivity index (χ1v) is 11.5. The Labute approximate surface area is 211 Å². The van der Waals surface area contributed by atoms with Gasteiger partial charge in [-0.1, -0.05) is 6.07 Å². The van der Waals surface area contributed by atoms with Gasteiger partial charge >= 0.3 is 0 Å². The number of ketones is 1. The Morgan fingerprint density at radius 3 is 2.32 bits per heavy atom. The van der Waals surface area contributed by atoms with E-state index in [9.17, 15) is 14.4 Å². The van der Waals surface area contributed by atoms with Crippen molar-refractivity contribution in [3.8, 4) is 23.0 Å². The third-order valence-electron chi connectivity index (χ3n) is 6.15. The predicted octanol–water partition coefficient (Wildman–Crippen LogP) is 1.60. The van der Waals surface area contributed by atoms with Crippen LogP contribution in [-0.2, 0) is 4.79 Å². The Kier molecular flexibility index (Phi) is 6.45. The molecule has 0 bridgehead atoms. The molecule has 1 saturated heterocycles. The van der Waals surface area contributed by atoms with Crippen LogP contribution in [-0.4, -0.2) is 92.7 Å². The summed E-state index contributed by atoms with van der Waals surface area (Å²) in [5.41, 5.74) is 1.89. The molecule has 12 nitrogen and oxygen atoms in total. The molecule has 0 aliphatic carbocycles. The van der Waals surface area contributed by atoms with E-state index in [0.717, 1.165) is 0 Å². The number of nitrogens with one attached hydrogen (secondary N) is 1. The SMILES string of the molecule is COc1cnc(-c2ncc(OC)c3c(C(=O)C(=O)N4CCN(C(=O)c5ccccn5)CC4)c[nH]c23)cn1. The number of Topliss-reactive ketones (excluding diaryl/α,β-unsaturated/α-hetero) is 1. The average Bonchev–Trinajstić information content (AvgIpc) is 3.41. The molecular formula is C25H23N7O5. The first-order chi connectivity index (χ1) is 18.0. The molecule has 5 rings (SSSR count). The molecule has 2 amide bonds. The molecule has 0 atom stereocenters. The van der Waals surface area contributed by atoms with E-state index in [-0.39, 0.29) is 24.6 Å². The largest absolute Gasteiger partial charge is 0.494 e. The smallest absolute Gasteiger partial charge is 0.295 e. The number of H-pyrrole nitrogens is 1. The van der Waals surface area contributed by atoms with Gasteiger partial charge in [-0.2, -0.15) is 0 Å². The molecule has 188 valence electrons. The van der Waals surface area contributed by atoms with Gasteiger partial charge in [-0.3, -0.25) is 19.4 Å². The second-order valence-electron chi connectivity index (χ2n) is 8.20. The number of piperazine rings is 1. The van der Waals surface area contributed by atoms with Gasteiger partial charge in [0.2, 0.25) is 5.88 Å². The van der Waals surface area contributed by atoms with Gasteiger partial charge in [-0.15, -0.1) is 0 Å². The van der Waals surface area contributed by atoms with Crippen molar-refractivity contribution in [3.63, 3.8) is 0 Å². The summed E-state index contributed by atoms with van der Waals surface area (Å²) in [7, 11) is 2.95. The lowest BCUT2D eigenvalue weighted by molar-refractivity contribution is -0.127. The Morgan fingerprint density at radius 2 is 1.68 bits per heavy atom. The fourth-order valence-electron chi connectivity index (χ4n) is 4.21. The monoisotopic (exact) mass is 501 g/mol. The van der Waals surface area contributed by atoms with E-state index >= 15 is 0 Å². The van der Waals surface area contributed by atoms with E-state index in [0.29, 0.717) is 52.7 Å². The highest BCUT2D eigenvalue weighted by Crippen LogP contribution is 2.34. The Hall–Kier alpha value is -4.87. The molecule has 0 radical (unpaired) electrons. The highest BCUT2D eigenvalue weighted by molar-refractivity contribution is 6.45. The molecule has 1 fully saturated rings. The maximum atomic E-state index is 13.3. The Balaban J connectivity index is 1.37. The number of aromatic nitrogens is 5. The topological polar surface area (TPSA) is 144 Å². The van der Waals surface area contributed by atoms with Crippen LogP contribution in [0.2, 0.25) is 0 Å². The average molecular weight is 502 g/mol. The summed E-state index contributed by atoms with van der Waals surface area (Å²) in [6.45, 7) is 1.07. The van der Waals surface area contributed by atoms with Crippen molar-refractivity contribution in [3.05, 3.63) is 60.4 Å². The maximum absolute atomic E-state index is 13.3. The normalized spacial score (nSPS) is 13.5. The third kappa shape index (κ3) is 4.44. The van der Waals surface area contributed by atoms with Crippen LogP contribution in [0.5, 0.6) is 11.6 Å². The number of pyridine rings is 2. The van der Waals surface area contributed by atoms with E-state index in [1.807, 2.05) is 0 Å². The van der Waals surface area contributed by atoms with Gasteiger partial charge < -0.3 is 24.3 Å². The second-order valence-corrected chi connectivity index (χ2v) is 8.20. The zero-order valence-electron chi connectivity index (χ0n) is 20.2. The summed E-state index contributed by atoms with van der Waals surface area (Å²) >= 11 is 0. The molecule has 37 heavy (non-hydrogen) atoms. The van der Waals surface area contributed by atoms with E-state index < -0.39 is 11.7 Å². The minimum Gasteiger partial charge on any atom is -0.494 e. The van der Waals surface area contributed by atoms with Crippen LogP contribution in [0.3, 0.4) is 0 Å². The van der Waals surface area contributed by atoms with Gasteiger partial charge in [-0.05, 0) is 12.1 Å². The molecule has 5 heterocycles. The number of hydrogen-bond donors (Lipinski definition) is 1. The van der Waals surface area contributed by atoms with Gasteiger partial charge in [-0.25, -0.2) is 15.0 Å². The van der Waals surface area contributed by atoms with E-state index in [4.69, 9.17) is 9.47 Å². The van der Waals surface area contributed by atoms with E-state index in [1.54, 1.807) is 29.3 Å². The molecule has 4 aromatic heterocycles. The molecule has 0 unspecified atom stereocenters. The number of hydrogen-bond acceptors (Lipinski definition) is 9. The molecule has 1 aliphatic rings. The molecule has 0 aromatic carbocycles. The van der Waals surface area contributed by atoms with Crippen LogP contribution >= 0.6 is 0 Å². The number of amides is 2. The third-order valence-corrected chi connectivity index (χ3v) is 6.15. The zero-order valence-corrected chi connectivity index (χ0v) is 20.2. The molecule has 4 aromatic rings. The number of fused-ring (bicyclic) bond motifs is 1. The summed E-state index contributed by atoms with van der Waals surface area (Å²) < 4.78 is 10.5. The van der Waals surface area contributed by atoms with Crippen LogP contribution < -0.4 is 9.47 Å². The minimum atomic E-state index is -0.688. The van der Waals surface area contributed by atoms with Crippen molar-refractivity contribution < 1.29 is 23.9 Å². The molecule has 12 heteroatoms. The summed E-state index contributed by atoms with van der Waals surface area (Å²) in [5.74, 6) is -0.865. The summed E-state index contributed by atoms with van der Waals surface area (Å²) in [6, 6.07) is 5.13. The van der Waals surface area contributed by atoms with Crippen molar-refractivity contribution in [2.24, 2.45) is 0 Å². The lowest BCUT2D eigenvalue weighted by Gasteiger charge is -2.34. The van der Waals surface area contributed by atoms with Crippen molar-refractivity contribution in [2.75, 3.05) is 40.4 Å². The Morgan fingerprint density at radius 1 is 0.892 bits per heavy atom. The van der Waals surface area contributed by atoms with Gasteiger partial charge in [0.1, 0.15) is 22.8 Å². The van der Waals surface area contributed by atoms with Crippen molar-refractivity contribution in [1.29, 1.82) is 0 Å². The lowest BCUT2D eigenvalue weighted by atomic mass is 10.1. The predicted molar refractivity (Wildman–Crippen MR) is 131 cm³/mol. The fraction of sp³-hybridized carbons (Fsp3) is 0.240. The standard InChI is InChI=1S/C25H23N7O5/c1-36-18-13-30-21(17-12-28-19(37-2)14-27-17)22-20(18)15(11-29-22)23(33)25(35)32-9-7-31(8-10-32)24(34)16-5-3-4-6-26-16/h3-6,11-14,29H,7-10H2,1-2H3. The molecule has 0 spiro atoms. The number of aromatic amines is 1. The van der Waals surface area contributed by atoms with Crippen LogP contribution in [0.25, 0.3) is 22.3 Å². The van der Waals surface area contributed by atoms with Crippen LogP contribution in [0.4, 0.5) is 0 Å². The minimum absolute atomic E-state index is 0.161. The number of ether oxygens (including phenoxy) is 2. The van der Waals surface area contributed by atoms with Gasteiger partial charge in [0.15, 0.2) is 0 Å². The highest BCUT2D eigenvalue weighted by Gasteiger charge is 2.31. The number of nitrogens with zero attached hydrogens (tertiary/aromatic N) is 6. The number of rotatable bonds is 6. The number of methoxy groups -OCH3 is 2. The first kappa shape index (κ1) is 23.9. The van der Waals surface area contributed by atoms with E-state index in [2.05, 4.69) is 24.9 Å². The molecule has 1 N–H and O–H groups in total. The number of carbonyl (C=O) groups is 3. The molecular weight excluding hydrogens is 478 g/mol. The Bertz CT molecular complexity index is 1460. The highest BCUT2D eigenvalue weighted by atomic mass is 16.5. The molecule has 0 saturated carbocycles. The van der Waals surface area contributed by atoms with Crippen molar-refractivity contribution in [1.82, 2.24) is 34.7 Å². The van der Waals surface area contributed by atoms with E-state index in [1.165, 1.54) is 43.9 Å². The van der Waals surface area contributed by atoms with Gasteiger partial charge in [0.05, 0.1) is 49.3 Å². The first-order valence-electron chi connectivity index (χ1n) is 11.5. The quantitative estimate of drug-likeness (QED) is 0.308.